The van der Waals surface area contributed by atoms with Crippen LogP contribution in [0.3, 0.4) is 0 Å². The Morgan fingerprint density at radius 1 is 1.57 bits per heavy atom. The number of fused-ring (bicyclic) bond motifs is 1. The molecule has 2 aromatic heterocycles. The molecular formula is C9H9N3O2. The highest BCUT2D eigenvalue weighted by molar-refractivity contribution is 5.90. The van der Waals surface area contributed by atoms with Gasteiger partial charge in [-0.1, -0.05) is 0 Å². The summed E-state index contributed by atoms with van der Waals surface area (Å²) in [6.07, 6.45) is 1.67. The van der Waals surface area contributed by atoms with E-state index in [0.29, 0.717) is 11.2 Å². The zero-order valence-corrected chi connectivity index (χ0v) is 7.85. The first-order valence-electron chi connectivity index (χ1n) is 4.12. The van der Waals surface area contributed by atoms with Crippen molar-refractivity contribution in [3.8, 4) is 0 Å². The van der Waals surface area contributed by atoms with Crippen LogP contribution in [-0.4, -0.2) is 25.8 Å². The zero-order chi connectivity index (χ0) is 10.3. The van der Waals surface area contributed by atoms with E-state index in [2.05, 4.69) is 10.1 Å². The van der Waals surface area contributed by atoms with Crippen molar-refractivity contribution >= 4 is 17.0 Å². The van der Waals surface area contributed by atoms with Gasteiger partial charge in [-0.15, -0.1) is 0 Å². The summed E-state index contributed by atoms with van der Waals surface area (Å²) in [4.78, 5) is 14.8. The van der Waals surface area contributed by atoms with Crippen LogP contribution in [0.5, 0.6) is 0 Å². The Hall–Kier alpha value is -1.91. The van der Waals surface area contributed by atoms with Crippen molar-refractivity contribution in [2.75, 3.05) is 0 Å². The molecule has 0 aromatic carbocycles. The molecule has 2 heterocycles. The lowest BCUT2D eigenvalue weighted by atomic mass is 10.2. The van der Waals surface area contributed by atoms with E-state index in [4.69, 9.17) is 5.11 Å². The van der Waals surface area contributed by atoms with Crippen molar-refractivity contribution in [1.82, 2.24) is 14.8 Å². The minimum absolute atomic E-state index is 0.0844. The fraction of sp³-hybridized carbons (Fsp3) is 0.222. The normalized spacial score (nSPS) is 10.7. The van der Waals surface area contributed by atoms with Crippen LogP contribution in [0.1, 0.15) is 16.1 Å². The Morgan fingerprint density at radius 3 is 2.93 bits per heavy atom. The van der Waals surface area contributed by atoms with Crippen molar-refractivity contribution in [2.24, 2.45) is 7.05 Å². The highest BCUT2D eigenvalue weighted by Gasteiger charge is 2.12. The molecule has 5 heteroatoms. The number of pyridine rings is 1. The van der Waals surface area contributed by atoms with Gasteiger partial charge in [-0.25, -0.2) is 9.78 Å². The maximum absolute atomic E-state index is 10.8. The molecule has 0 saturated carbocycles. The number of aryl methyl sites for hydroxylation is 2. The van der Waals surface area contributed by atoms with Crippen LogP contribution in [-0.2, 0) is 7.05 Å². The summed E-state index contributed by atoms with van der Waals surface area (Å²) < 4.78 is 1.56. The number of nitrogens with zero attached hydrogens (tertiary/aromatic N) is 3. The van der Waals surface area contributed by atoms with E-state index in [1.54, 1.807) is 30.9 Å². The summed E-state index contributed by atoms with van der Waals surface area (Å²) in [5.74, 6) is -1.01. The number of aromatic carboxylic acids is 1. The van der Waals surface area contributed by atoms with E-state index in [-0.39, 0.29) is 5.69 Å². The number of carboxylic acids is 1. The van der Waals surface area contributed by atoms with Crippen LogP contribution < -0.4 is 0 Å². The summed E-state index contributed by atoms with van der Waals surface area (Å²) in [7, 11) is 1.73. The van der Waals surface area contributed by atoms with E-state index in [1.165, 1.54) is 0 Å². The molecule has 2 rings (SSSR count). The van der Waals surface area contributed by atoms with E-state index < -0.39 is 5.97 Å². The Balaban J connectivity index is 2.80. The smallest absolute Gasteiger partial charge is 0.354 e. The molecule has 14 heavy (non-hydrogen) atoms. The van der Waals surface area contributed by atoms with Crippen molar-refractivity contribution in [3.63, 3.8) is 0 Å². The molecular weight excluding hydrogens is 182 g/mol. The van der Waals surface area contributed by atoms with Gasteiger partial charge in [-0.3, -0.25) is 4.68 Å². The molecule has 5 nitrogen and oxygen atoms in total. The summed E-state index contributed by atoms with van der Waals surface area (Å²) >= 11 is 0. The third-order valence-corrected chi connectivity index (χ3v) is 2.10. The van der Waals surface area contributed by atoms with Crippen molar-refractivity contribution in [3.05, 3.63) is 23.5 Å². The van der Waals surface area contributed by atoms with Gasteiger partial charge in [0.1, 0.15) is 0 Å². The lowest BCUT2D eigenvalue weighted by Gasteiger charge is -2.00. The first kappa shape index (κ1) is 8.68. The molecule has 0 fully saturated rings. The maximum atomic E-state index is 10.8. The van der Waals surface area contributed by atoms with Crippen molar-refractivity contribution in [1.29, 1.82) is 0 Å². The lowest BCUT2D eigenvalue weighted by Crippen LogP contribution is -2.04. The first-order valence-corrected chi connectivity index (χ1v) is 4.12. The molecule has 0 bridgehead atoms. The zero-order valence-electron chi connectivity index (χ0n) is 7.85. The molecule has 0 unspecified atom stereocenters. The maximum Gasteiger partial charge on any atom is 0.354 e. The summed E-state index contributed by atoms with van der Waals surface area (Å²) in [6.45, 7) is 1.73. The fourth-order valence-corrected chi connectivity index (χ4v) is 1.40. The molecule has 0 aliphatic heterocycles. The molecule has 0 atom stereocenters. The number of carbonyl (C=O) groups is 1. The predicted molar refractivity (Wildman–Crippen MR) is 50.2 cm³/mol. The second-order valence-electron chi connectivity index (χ2n) is 3.14. The lowest BCUT2D eigenvalue weighted by molar-refractivity contribution is 0.0690. The summed E-state index contributed by atoms with van der Waals surface area (Å²) in [5, 5.41) is 13.7. The number of hydrogen-bond donors (Lipinski definition) is 1. The summed E-state index contributed by atoms with van der Waals surface area (Å²) in [5.41, 5.74) is 1.33. The third-order valence-electron chi connectivity index (χ3n) is 2.10. The van der Waals surface area contributed by atoms with Crippen molar-refractivity contribution < 1.29 is 9.90 Å². The molecule has 0 aliphatic carbocycles. The Labute approximate surface area is 80.0 Å². The molecule has 0 spiro atoms. The van der Waals surface area contributed by atoms with Crippen LogP contribution in [0.2, 0.25) is 0 Å². The second-order valence-corrected chi connectivity index (χ2v) is 3.14. The number of rotatable bonds is 1. The molecule has 0 radical (unpaired) electrons. The second kappa shape index (κ2) is 2.80. The number of hydrogen-bond acceptors (Lipinski definition) is 3. The molecule has 72 valence electrons. The molecule has 0 aliphatic rings. The third kappa shape index (κ3) is 1.14. The SMILES string of the molecule is Cc1cc2cnn(C)c2nc1C(=O)O. The molecule has 0 amide bonds. The van der Waals surface area contributed by atoms with Gasteiger partial charge in [0.2, 0.25) is 0 Å². The van der Waals surface area contributed by atoms with Gasteiger partial charge >= 0.3 is 5.97 Å². The van der Waals surface area contributed by atoms with Crippen LogP contribution in [0.25, 0.3) is 11.0 Å². The minimum atomic E-state index is -1.01. The Kier molecular flexibility index (Phi) is 1.73. The molecule has 0 saturated heterocycles. The first-order chi connectivity index (χ1) is 6.59. The average Bonchev–Trinajstić information content (AvgIpc) is 2.46. The topological polar surface area (TPSA) is 68.0 Å². The van der Waals surface area contributed by atoms with Gasteiger partial charge in [0.15, 0.2) is 11.3 Å². The molecule has 2 aromatic rings. The fourth-order valence-electron chi connectivity index (χ4n) is 1.40. The van der Waals surface area contributed by atoms with Crippen LogP contribution in [0.15, 0.2) is 12.3 Å². The van der Waals surface area contributed by atoms with Gasteiger partial charge in [-0.05, 0) is 18.6 Å². The van der Waals surface area contributed by atoms with Gasteiger partial charge in [0, 0.05) is 12.4 Å². The van der Waals surface area contributed by atoms with Gasteiger partial charge < -0.3 is 5.11 Å². The molecule has 1 N–H and O–H groups in total. The highest BCUT2D eigenvalue weighted by Crippen LogP contribution is 2.15. The minimum Gasteiger partial charge on any atom is -0.477 e. The van der Waals surface area contributed by atoms with E-state index in [1.807, 2.05) is 0 Å². The predicted octanol–water partition coefficient (Wildman–Crippen LogP) is 0.975. The monoisotopic (exact) mass is 191 g/mol. The van der Waals surface area contributed by atoms with Crippen LogP contribution in [0, 0.1) is 6.92 Å². The highest BCUT2D eigenvalue weighted by atomic mass is 16.4. The van der Waals surface area contributed by atoms with Gasteiger partial charge in [0.25, 0.3) is 0 Å². The van der Waals surface area contributed by atoms with E-state index in [9.17, 15) is 4.79 Å². The quantitative estimate of drug-likeness (QED) is 0.729. The Bertz CT molecular complexity index is 516. The standard InChI is InChI=1S/C9H9N3O2/c1-5-3-6-4-10-12(2)8(6)11-7(5)9(13)14/h3-4H,1-2H3,(H,13,14). The largest absolute Gasteiger partial charge is 0.477 e. The van der Waals surface area contributed by atoms with Crippen molar-refractivity contribution in [2.45, 2.75) is 6.92 Å². The Morgan fingerprint density at radius 2 is 2.29 bits per heavy atom. The number of aromatic nitrogens is 3. The average molecular weight is 191 g/mol. The number of carboxylic acid groups (broad SMARTS) is 1. The van der Waals surface area contributed by atoms with Gasteiger partial charge in [0.05, 0.1) is 6.20 Å². The van der Waals surface area contributed by atoms with Crippen LogP contribution in [0.4, 0.5) is 0 Å². The van der Waals surface area contributed by atoms with E-state index >= 15 is 0 Å². The van der Waals surface area contributed by atoms with Gasteiger partial charge in [-0.2, -0.15) is 5.10 Å². The van der Waals surface area contributed by atoms with E-state index in [0.717, 1.165) is 5.39 Å². The summed E-state index contributed by atoms with van der Waals surface area (Å²) in [6, 6.07) is 1.78. The van der Waals surface area contributed by atoms with Crippen LogP contribution >= 0.6 is 0 Å².